The quantitative estimate of drug-likeness (QED) is 0.00887. The van der Waals surface area contributed by atoms with E-state index in [2.05, 4.69) is 50.4 Å². The van der Waals surface area contributed by atoms with Crippen molar-refractivity contribution in [1.29, 1.82) is 0 Å². The van der Waals surface area contributed by atoms with E-state index in [1.54, 1.807) is 49.4 Å². The Morgan fingerprint density at radius 1 is 0.684 bits per heavy atom. The van der Waals surface area contributed by atoms with E-state index in [1.807, 2.05) is 24.3 Å². The van der Waals surface area contributed by atoms with Crippen LogP contribution in [0.5, 0.6) is 11.5 Å². The van der Waals surface area contributed by atoms with Gasteiger partial charge >= 0.3 is 41.3 Å². The number of carbonyl (C=O) groups is 7. The number of nitro groups is 1. The monoisotopic (exact) mass is 1350 g/mol. The number of ketones is 1. The number of Topliss-reactive ketones (excluding diaryl/α,β-unsaturated/α-hetero) is 1. The molecule has 3 aliphatic rings. The van der Waals surface area contributed by atoms with E-state index >= 15 is 0 Å². The number of aliphatic carboxylic acids is 2. The second-order valence-corrected chi connectivity index (χ2v) is 24.2. The molecule has 0 spiro atoms. The number of carboxylic acid groups (broad SMARTS) is 2. The Bertz CT molecular complexity index is 4020. The molecule has 522 valence electrons. The van der Waals surface area contributed by atoms with Gasteiger partial charge in [-0.2, -0.15) is 0 Å². The van der Waals surface area contributed by atoms with Crippen LogP contribution in [-0.2, 0) is 51.0 Å². The van der Waals surface area contributed by atoms with Crippen LogP contribution in [0.1, 0.15) is 119 Å². The van der Waals surface area contributed by atoms with E-state index < -0.39 is 76.2 Å². The number of rotatable bonds is 25. The Morgan fingerprint density at radius 2 is 1.23 bits per heavy atom. The lowest BCUT2D eigenvalue weighted by atomic mass is 9.98. The van der Waals surface area contributed by atoms with Crippen molar-refractivity contribution in [1.82, 2.24) is 15.1 Å². The second kappa shape index (κ2) is 36.6. The number of hydrogen-bond acceptors (Lipinski definition) is 20. The second-order valence-electron chi connectivity index (χ2n) is 24.2. The van der Waals surface area contributed by atoms with Crippen molar-refractivity contribution in [3.05, 3.63) is 180 Å². The first kappa shape index (κ1) is 74.9. The molecule has 6 N–H and O–H groups in total. The van der Waals surface area contributed by atoms with E-state index in [-0.39, 0.29) is 87.5 Å². The molecular formula is C72H83N5O21. The molecule has 4 heterocycles. The van der Waals surface area contributed by atoms with Crippen LogP contribution < -0.4 is 31.8 Å². The SMILES string of the molecule is CC(=O)Cc1cc(=O)oc2cc(OCCOC(=O)[C@@H]3CCCN3C(=O)[C@H](CCCCN)NC(=O)OCC(C)c3ccccc3[N+](=O)[O-])ccc12.CC(C)C.O=C(O)Cc1cc(=O)oc2cc(OCCO)ccc12.O=C(O)[C@@H]1CCCN1C(=O)OCC1c2ccccc2-c2ccccc21. The van der Waals surface area contributed by atoms with Crippen LogP contribution in [-0.4, -0.2) is 149 Å². The normalized spacial score (nSPS) is 15.0. The van der Waals surface area contributed by atoms with Crippen molar-refractivity contribution in [3.63, 3.8) is 0 Å². The fraction of sp³-hybridized carbons (Fsp3) is 0.403. The molecule has 1 aliphatic carbocycles. The number of likely N-dealkylation sites (tertiary alicyclic amines) is 2. The van der Waals surface area contributed by atoms with Crippen molar-refractivity contribution >= 4 is 69.4 Å². The Labute approximate surface area is 564 Å². The van der Waals surface area contributed by atoms with Gasteiger partial charge in [-0.25, -0.2) is 28.8 Å². The number of carbonyl (C=O) groups excluding carboxylic acids is 5. The van der Waals surface area contributed by atoms with Crippen molar-refractivity contribution < 1.29 is 86.3 Å². The number of esters is 1. The van der Waals surface area contributed by atoms with E-state index in [0.29, 0.717) is 97.1 Å². The standard InChI is InChI=1S/C35H42N4O11.C20H19NO4.C13H12O6.C4H10/c1-22(26-8-3-4-10-29(26)39(45)46)21-49-35(44)37-28(9-5-6-14-36)33(42)38-15-7-11-30(38)34(43)48-17-16-47-25-12-13-27-24(18-23(2)40)19-32(41)50-31(27)20-25;22-19(23)18-10-5-11-21(18)20(24)25-12-17-15-8-3-1-6-13(15)14-7-2-4-9-16(14)17;14-3-4-18-9-1-2-10-8(5-12(15)16)6-13(17)19-11(10)7-9;1-4(2)3/h3-4,8,10,12-13,19-20,22,28,30H,5-7,9,11,14-18,21,36H2,1-2H3,(H,37,44);1-4,6-9,17-18H,5,10-12H2,(H,22,23);1-2,6-7,14H,3-5H2,(H,15,16);4H,1-3H3/t22?,28-,30-;18-;;/m00../s1. The van der Waals surface area contributed by atoms with Crippen LogP contribution in [0.2, 0.25) is 0 Å². The molecule has 0 bridgehead atoms. The first-order valence-electron chi connectivity index (χ1n) is 32.4. The number of hydrogen-bond donors (Lipinski definition) is 5. The van der Waals surface area contributed by atoms with E-state index in [1.165, 1.54) is 58.2 Å². The van der Waals surface area contributed by atoms with Gasteiger partial charge in [-0.15, -0.1) is 0 Å². The van der Waals surface area contributed by atoms with Crippen molar-refractivity contribution in [2.24, 2.45) is 11.7 Å². The molecule has 0 saturated carbocycles. The topological polar surface area (TPSA) is 374 Å². The number of nitrogens with zero attached hydrogens (tertiary/aromatic N) is 3. The molecule has 1 unspecified atom stereocenters. The summed E-state index contributed by atoms with van der Waals surface area (Å²) >= 11 is 0. The lowest BCUT2D eigenvalue weighted by molar-refractivity contribution is -0.385. The van der Waals surface area contributed by atoms with Gasteiger partial charge in [0, 0.05) is 78.0 Å². The summed E-state index contributed by atoms with van der Waals surface area (Å²) in [5.74, 6) is -2.00. The van der Waals surface area contributed by atoms with Crippen LogP contribution in [0.3, 0.4) is 0 Å². The molecule has 10 rings (SSSR count). The molecule has 2 fully saturated rings. The summed E-state index contributed by atoms with van der Waals surface area (Å²) in [6, 6.07) is 31.9. The maximum Gasteiger partial charge on any atom is 0.410 e. The summed E-state index contributed by atoms with van der Waals surface area (Å²) in [5, 5.41) is 41.9. The zero-order chi connectivity index (χ0) is 71.0. The van der Waals surface area contributed by atoms with Gasteiger partial charge in [0.05, 0.1) is 18.0 Å². The average molecular weight is 1350 g/mol. The number of aliphatic hydroxyl groups is 1. The molecule has 2 saturated heterocycles. The fourth-order valence-corrected chi connectivity index (χ4v) is 11.6. The number of ether oxygens (including phenoxy) is 5. The number of nitrogens with one attached hydrogen (secondary N) is 1. The number of alkyl carbamates (subject to hydrolysis) is 1. The van der Waals surface area contributed by atoms with Crippen LogP contribution in [0, 0.1) is 16.0 Å². The molecular weight excluding hydrogens is 1270 g/mol. The van der Waals surface area contributed by atoms with E-state index in [0.717, 1.165) is 17.0 Å². The van der Waals surface area contributed by atoms with Crippen LogP contribution in [0.4, 0.5) is 15.3 Å². The highest BCUT2D eigenvalue weighted by molar-refractivity contribution is 5.91. The summed E-state index contributed by atoms with van der Waals surface area (Å²) in [4.78, 5) is 123. The summed E-state index contributed by atoms with van der Waals surface area (Å²) in [5.41, 5.74) is 10.9. The first-order valence-corrected chi connectivity index (χ1v) is 32.4. The third-order valence-corrected chi connectivity index (χ3v) is 15.9. The van der Waals surface area contributed by atoms with Crippen LogP contribution >= 0.6 is 0 Å². The Kier molecular flexibility index (Phi) is 28.0. The number of carboxylic acids is 2. The van der Waals surface area contributed by atoms with Crippen molar-refractivity contribution in [2.75, 3.05) is 59.3 Å². The van der Waals surface area contributed by atoms with Gasteiger partial charge in [-0.3, -0.25) is 29.4 Å². The number of amides is 3. The van der Waals surface area contributed by atoms with E-state index in [4.69, 9.17) is 48.5 Å². The molecule has 2 aromatic heterocycles. The number of aliphatic hydroxyl groups excluding tert-OH is 1. The zero-order valence-corrected chi connectivity index (χ0v) is 55.3. The van der Waals surface area contributed by atoms with Crippen molar-refractivity contribution in [2.45, 2.75) is 122 Å². The van der Waals surface area contributed by atoms with E-state index in [9.17, 15) is 58.4 Å². The lowest BCUT2D eigenvalue weighted by Crippen LogP contribution is -2.52. The maximum atomic E-state index is 13.7. The minimum atomic E-state index is -1.02. The average Bonchev–Trinajstić information content (AvgIpc) is 1.58. The maximum absolute atomic E-state index is 13.7. The molecule has 98 heavy (non-hydrogen) atoms. The van der Waals surface area contributed by atoms with Gasteiger partial charge in [-0.1, -0.05) is 94.4 Å². The zero-order valence-electron chi connectivity index (χ0n) is 55.3. The van der Waals surface area contributed by atoms with Gasteiger partial charge in [-0.05, 0) is 122 Å². The number of fused-ring (bicyclic) bond motifs is 5. The highest BCUT2D eigenvalue weighted by atomic mass is 16.6. The van der Waals surface area contributed by atoms with Gasteiger partial charge in [0.2, 0.25) is 5.91 Å². The predicted molar refractivity (Wildman–Crippen MR) is 360 cm³/mol. The number of nitrogens with two attached hydrogens (primary N) is 1. The Hall–Kier alpha value is -10.5. The van der Waals surface area contributed by atoms with Gasteiger partial charge in [0.25, 0.3) is 5.69 Å². The van der Waals surface area contributed by atoms with Crippen molar-refractivity contribution in [3.8, 4) is 22.6 Å². The number of nitro benzene ring substituents is 1. The fourth-order valence-electron chi connectivity index (χ4n) is 11.6. The molecule has 0 radical (unpaired) electrons. The number of unbranched alkanes of at least 4 members (excludes halogenated alkanes) is 1. The molecule has 7 aromatic rings. The highest BCUT2D eigenvalue weighted by Crippen LogP contribution is 2.45. The molecule has 26 nitrogen and oxygen atoms in total. The third-order valence-electron chi connectivity index (χ3n) is 15.9. The minimum Gasteiger partial charge on any atom is -0.491 e. The Balaban J connectivity index is 0.000000230. The summed E-state index contributed by atoms with van der Waals surface area (Å²) in [6.45, 7) is 10.7. The van der Waals surface area contributed by atoms with Crippen LogP contribution in [0.25, 0.3) is 33.1 Å². The summed E-state index contributed by atoms with van der Waals surface area (Å²) in [6.07, 6.45) is 1.98. The molecule has 4 atom stereocenters. The van der Waals surface area contributed by atoms with Crippen LogP contribution in [0.15, 0.2) is 140 Å². The van der Waals surface area contributed by atoms with Gasteiger partial charge < -0.3 is 63.8 Å². The molecule has 2 aliphatic heterocycles. The van der Waals surface area contributed by atoms with Gasteiger partial charge in [0.1, 0.15) is 79.6 Å². The molecule has 5 aromatic carbocycles. The summed E-state index contributed by atoms with van der Waals surface area (Å²) in [7, 11) is 0. The van der Waals surface area contributed by atoms with Gasteiger partial charge in [0.15, 0.2) is 0 Å². The first-order chi connectivity index (χ1) is 47.0. The summed E-state index contributed by atoms with van der Waals surface area (Å²) < 4.78 is 37.5. The number of para-hydroxylation sites is 1. The molecule has 26 heteroatoms. The highest BCUT2D eigenvalue weighted by Gasteiger charge is 2.40. The lowest BCUT2D eigenvalue weighted by Gasteiger charge is -2.28. The minimum absolute atomic E-state index is 0.0118. The predicted octanol–water partition coefficient (Wildman–Crippen LogP) is 9.71. The molecule has 3 amide bonds. The number of benzene rings is 5. The largest absolute Gasteiger partial charge is 0.491 e. The third kappa shape index (κ3) is 21.0. The smallest absolute Gasteiger partial charge is 0.410 e. The Morgan fingerprint density at radius 3 is 1.80 bits per heavy atom.